The molecule has 0 amide bonds. The quantitative estimate of drug-likeness (QED) is 0.610. The number of rotatable bonds is 0. The van der Waals surface area contributed by atoms with Crippen LogP contribution in [0.25, 0.3) is 0 Å². The molecule has 0 saturated carbocycles. The third-order valence-corrected chi connectivity index (χ3v) is 2.39. The Labute approximate surface area is 79.9 Å². The molecule has 0 spiro atoms. The van der Waals surface area contributed by atoms with E-state index in [2.05, 4.69) is 5.32 Å². The van der Waals surface area contributed by atoms with Gasteiger partial charge in [-0.05, 0) is 23.6 Å². The van der Waals surface area contributed by atoms with E-state index < -0.39 is 11.7 Å². The van der Waals surface area contributed by atoms with E-state index >= 15 is 0 Å². The van der Waals surface area contributed by atoms with Gasteiger partial charge in [-0.3, -0.25) is 0 Å². The van der Waals surface area contributed by atoms with Gasteiger partial charge in [-0.15, -0.1) is 0 Å². The summed E-state index contributed by atoms with van der Waals surface area (Å²) in [6.45, 7) is 0.833. The van der Waals surface area contributed by atoms with Gasteiger partial charge in [0.05, 0.1) is 5.56 Å². The van der Waals surface area contributed by atoms with Crippen molar-refractivity contribution in [2.45, 2.75) is 19.1 Å². The lowest BCUT2D eigenvalue weighted by Crippen LogP contribution is -2.22. The van der Waals surface area contributed by atoms with Crippen LogP contribution >= 0.6 is 0 Å². The minimum absolute atomic E-state index is 0.199. The number of hydrogen-bond donors (Lipinski definition) is 0. The second kappa shape index (κ2) is 3.28. The van der Waals surface area contributed by atoms with Crippen LogP contribution in [0, 0.1) is 0 Å². The van der Waals surface area contributed by atoms with Gasteiger partial charge in [0.2, 0.25) is 0 Å². The first kappa shape index (κ1) is 9.52. The second-order valence-corrected chi connectivity index (χ2v) is 3.30. The van der Waals surface area contributed by atoms with Crippen molar-refractivity contribution in [1.29, 1.82) is 0 Å². The molecular weight excluding hydrogens is 191 g/mol. The molecule has 0 fully saturated rings. The van der Waals surface area contributed by atoms with E-state index in [1.165, 1.54) is 6.07 Å². The molecule has 75 valence electrons. The highest BCUT2D eigenvalue weighted by molar-refractivity contribution is 5.38. The lowest BCUT2D eigenvalue weighted by atomic mass is 9.96. The van der Waals surface area contributed by atoms with Crippen molar-refractivity contribution in [2.75, 3.05) is 6.54 Å². The molecule has 2 rings (SSSR count). The zero-order valence-corrected chi connectivity index (χ0v) is 7.43. The molecule has 1 nitrogen and oxygen atoms in total. The SMILES string of the molecule is FC(F)(F)c1cccc2c1C[N]CC2. The summed E-state index contributed by atoms with van der Waals surface area (Å²) in [6, 6.07) is 4.34. The topological polar surface area (TPSA) is 14.1 Å². The normalized spacial score (nSPS) is 16.5. The Morgan fingerprint density at radius 2 is 2.00 bits per heavy atom. The first-order chi connectivity index (χ1) is 6.59. The summed E-state index contributed by atoms with van der Waals surface area (Å²) in [7, 11) is 0. The minimum Gasteiger partial charge on any atom is -0.237 e. The maximum atomic E-state index is 12.5. The number of nitrogens with zero attached hydrogens (tertiary/aromatic N) is 1. The Bertz CT molecular complexity index is 344. The Hall–Kier alpha value is -1.03. The lowest BCUT2D eigenvalue weighted by Gasteiger charge is -2.20. The molecule has 0 unspecified atom stereocenters. The Balaban J connectivity index is 2.51. The molecule has 1 aromatic rings. The van der Waals surface area contributed by atoms with Gasteiger partial charge >= 0.3 is 6.18 Å². The Morgan fingerprint density at radius 1 is 1.21 bits per heavy atom. The van der Waals surface area contributed by atoms with Crippen molar-refractivity contribution >= 4 is 0 Å². The Kier molecular flexibility index (Phi) is 2.23. The summed E-state index contributed by atoms with van der Waals surface area (Å²) >= 11 is 0. The molecule has 1 aliphatic heterocycles. The van der Waals surface area contributed by atoms with Crippen LogP contribution in [0.1, 0.15) is 16.7 Å². The maximum absolute atomic E-state index is 12.5. The van der Waals surface area contributed by atoms with Crippen molar-refractivity contribution in [3.63, 3.8) is 0 Å². The Morgan fingerprint density at radius 3 is 2.71 bits per heavy atom. The summed E-state index contributed by atoms with van der Waals surface area (Å²) in [4.78, 5) is 0. The molecule has 4 heteroatoms. The third-order valence-electron chi connectivity index (χ3n) is 2.39. The van der Waals surface area contributed by atoms with E-state index in [1.54, 1.807) is 6.07 Å². The molecule has 0 bridgehead atoms. The molecular formula is C10H9F3N. The lowest BCUT2D eigenvalue weighted by molar-refractivity contribution is -0.138. The fraction of sp³-hybridized carbons (Fsp3) is 0.400. The molecule has 0 aromatic heterocycles. The fourth-order valence-electron chi connectivity index (χ4n) is 1.71. The zero-order valence-electron chi connectivity index (χ0n) is 7.43. The van der Waals surface area contributed by atoms with E-state index in [4.69, 9.17) is 0 Å². The zero-order chi connectivity index (χ0) is 10.2. The average Bonchev–Trinajstić information content (AvgIpc) is 2.15. The van der Waals surface area contributed by atoms with Gasteiger partial charge in [-0.25, -0.2) is 5.32 Å². The number of fused-ring (bicyclic) bond motifs is 1. The third kappa shape index (κ3) is 1.62. The molecule has 14 heavy (non-hydrogen) atoms. The largest absolute Gasteiger partial charge is 0.416 e. The molecule has 1 radical (unpaired) electrons. The van der Waals surface area contributed by atoms with Crippen molar-refractivity contribution < 1.29 is 13.2 Å². The summed E-state index contributed by atoms with van der Waals surface area (Å²) in [5.74, 6) is 0. The molecule has 0 saturated heterocycles. The highest BCUT2D eigenvalue weighted by Crippen LogP contribution is 2.34. The number of hydrogen-bond acceptors (Lipinski definition) is 0. The average molecular weight is 200 g/mol. The molecule has 0 aliphatic carbocycles. The smallest absolute Gasteiger partial charge is 0.237 e. The first-order valence-corrected chi connectivity index (χ1v) is 4.40. The van der Waals surface area contributed by atoms with Crippen LogP contribution in [0.15, 0.2) is 18.2 Å². The second-order valence-electron chi connectivity index (χ2n) is 3.30. The van der Waals surface area contributed by atoms with E-state index in [1.807, 2.05) is 0 Å². The number of alkyl halides is 3. The molecule has 0 N–H and O–H groups in total. The number of halogens is 3. The van der Waals surface area contributed by atoms with Crippen LogP contribution in [0.5, 0.6) is 0 Å². The molecule has 0 atom stereocenters. The van der Waals surface area contributed by atoms with Crippen LogP contribution in [-0.2, 0) is 19.1 Å². The standard InChI is InChI=1S/C10H9F3N/c11-10(12,13)9-3-1-2-7-4-5-14-6-8(7)9/h1-3H,4-6H2. The highest BCUT2D eigenvalue weighted by atomic mass is 19.4. The summed E-state index contributed by atoms with van der Waals surface area (Å²) in [5.41, 5.74) is 0.611. The summed E-state index contributed by atoms with van der Waals surface area (Å²) in [6.07, 6.45) is -3.63. The van der Waals surface area contributed by atoms with Crippen molar-refractivity contribution in [3.8, 4) is 0 Å². The van der Waals surface area contributed by atoms with E-state index in [0.29, 0.717) is 18.5 Å². The van der Waals surface area contributed by atoms with Gasteiger partial charge in [0.25, 0.3) is 0 Å². The summed E-state index contributed by atoms with van der Waals surface area (Å²) in [5, 5.41) is 3.99. The fourth-order valence-corrected chi connectivity index (χ4v) is 1.71. The maximum Gasteiger partial charge on any atom is 0.416 e. The highest BCUT2D eigenvalue weighted by Gasteiger charge is 2.34. The van der Waals surface area contributed by atoms with E-state index in [0.717, 1.165) is 11.6 Å². The van der Waals surface area contributed by atoms with Gasteiger partial charge in [0, 0.05) is 13.1 Å². The van der Waals surface area contributed by atoms with Crippen LogP contribution in [-0.4, -0.2) is 6.54 Å². The van der Waals surface area contributed by atoms with Gasteiger partial charge in [0.15, 0.2) is 0 Å². The van der Waals surface area contributed by atoms with Crippen LogP contribution in [0.2, 0.25) is 0 Å². The van der Waals surface area contributed by atoms with Crippen molar-refractivity contribution in [2.24, 2.45) is 0 Å². The monoisotopic (exact) mass is 200 g/mol. The van der Waals surface area contributed by atoms with E-state index in [-0.39, 0.29) is 6.54 Å². The van der Waals surface area contributed by atoms with Gasteiger partial charge < -0.3 is 0 Å². The molecule has 1 aromatic carbocycles. The van der Waals surface area contributed by atoms with Crippen LogP contribution in [0.3, 0.4) is 0 Å². The molecule has 1 aliphatic rings. The predicted molar refractivity (Wildman–Crippen MR) is 45.9 cm³/mol. The van der Waals surface area contributed by atoms with Crippen LogP contribution < -0.4 is 5.32 Å². The molecule has 1 heterocycles. The van der Waals surface area contributed by atoms with Gasteiger partial charge in [-0.2, -0.15) is 13.2 Å². The van der Waals surface area contributed by atoms with E-state index in [9.17, 15) is 13.2 Å². The van der Waals surface area contributed by atoms with Gasteiger partial charge in [0.1, 0.15) is 0 Å². The van der Waals surface area contributed by atoms with Gasteiger partial charge in [-0.1, -0.05) is 12.1 Å². The van der Waals surface area contributed by atoms with Crippen molar-refractivity contribution in [3.05, 3.63) is 34.9 Å². The van der Waals surface area contributed by atoms with Crippen molar-refractivity contribution in [1.82, 2.24) is 5.32 Å². The predicted octanol–water partition coefficient (Wildman–Crippen LogP) is 2.37. The minimum atomic E-state index is -4.25. The summed E-state index contributed by atoms with van der Waals surface area (Å²) < 4.78 is 37.6. The first-order valence-electron chi connectivity index (χ1n) is 4.40. The number of benzene rings is 1. The van der Waals surface area contributed by atoms with Crippen LogP contribution in [0.4, 0.5) is 13.2 Å².